The maximum atomic E-state index is 12.3. The minimum Gasteiger partial charge on any atom is -0.392 e. The lowest BCUT2D eigenvalue weighted by molar-refractivity contribution is -0.268. The smallest absolute Gasteiger partial charge is 0.315 e. The topological polar surface area (TPSA) is 109 Å². The van der Waals surface area contributed by atoms with Gasteiger partial charge >= 0.3 is 6.03 Å². The third-order valence-corrected chi connectivity index (χ3v) is 8.81. The third-order valence-electron chi connectivity index (χ3n) is 7.71. The normalized spacial score (nSPS) is 19.4. The summed E-state index contributed by atoms with van der Waals surface area (Å²) in [6, 6.07) is 33.1. The summed E-state index contributed by atoms with van der Waals surface area (Å²) in [5.74, 6) is 0.675. The summed E-state index contributed by atoms with van der Waals surface area (Å²) in [5.41, 5.74) is 5.54. The molecule has 9 heteroatoms. The number of benzene rings is 4. The lowest BCUT2D eigenvalue weighted by Gasteiger charge is -2.41. The van der Waals surface area contributed by atoms with Gasteiger partial charge in [0.1, 0.15) is 0 Å². The summed E-state index contributed by atoms with van der Waals surface area (Å²) in [6.45, 7) is 4.48. The molecule has 1 fully saturated rings. The molecule has 4 unspecified atom stereocenters. The maximum absolute atomic E-state index is 12.3. The second kappa shape index (κ2) is 15.7. The van der Waals surface area contributed by atoms with E-state index in [1.54, 1.807) is 11.8 Å². The standard InChI is InChI=1S/C36H39N3O5S/c1-24-33(23-45-32-18-16-31(17-19-32)39-25(2)41)43-35(44-34(24)29-12-10-28(22-40)11-13-29)30-14-8-27(9-15-30)21-38-36(42)37-20-26-6-4-3-5-7-26/h3-19,24,33-35,40H,20-23H2,1-2H3,(H,39,41)(H2,37,38,42). The van der Waals surface area contributed by atoms with E-state index in [9.17, 15) is 14.7 Å². The number of aliphatic hydroxyl groups is 1. The molecule has 5 rings (SSSR count). The molecule has 1 saturated heterocycles. The van der Waals surface area contributed by atoms with Crippen LogP contribution in [0.15, 0.2) is 108 Å². The third kappa shape index (κ3) is 9.18. The number of ether oxygens (including phenoxy) is 2. The maximum Gasteiger partial charge on any atom is 0.315 e. The summed E-state index contributed by atoms with van der Waals surface area (Å²) in [5, 5.41) is 18.1. The average molecular weight is 626 g/mol. The van der Waals surface area contributed by atoms with E-state index >= 15 is 0 Å². The first-order valence-electron chi connectivity index (χ1n) is 15.0. The SMILES string of the molecule is CC(=O)Nc1ccc(SCC2OC(c3ccc(CNC(=O)NCc4ccccc4)cc3)OC(c3ccc(CO)cc3)C2C)cc1. The Balaban J connectivity index is 1.24. The second-order valence-corrected chi connectivity index (χ2v) is 12.2. The zero-order chi connectivity index (χ0) is 31.6. The molecule has 0 bridgehead atoms. The Bertz CT molecular complexity index is 1530. The molecule has 4 aromatic rings. The van der Waals surface area contributed by atoms with E-state index in [0.29, 0.717) is 18.8 Å². The fourth-order valence-corrected chi connectivity index (χ4v) is 6.21. The van der Waals surface area contributed by atoms with Crippen molar-refractivity contribution in [1.82, 2.24) is 10.6 Å². The van der Waals surface area contributed by atoms with Gasteiger partial charge in [-0.25, -0.2) is 4.79 Å². The number of carbonyl (C=O) groups excluding carboxylic acids is 2. The van der Waals surface area contributed by atoms with Crippen LogP contribution in [0.2, 0.25) is 0 Å². The minimum atomic E-state index is -0.576. The highest BCUT2D eigenvalue weighted by atomic mass is 32.2. The lowest BCUT2D eigenvalue weighted by Crippen LogP contribution is -2.38. The van der Waals surface area contributed by atoms with Gasteiger partial charge in [-0.15, -0.1) is 11.8 Å². The number of aliphatic hydroxyl groups excluding tert-OH is 1. The summed E-state index contributed by atoms with van der Waals surface area (Å²) in [6.07, 6.45) is -0.896. The van der Waals surface area contributed by atoms with Gasteiger partial charge < -0.3 is 30.5 Å². The molecule has 0 spiro atoms. The summed E-state index contributed by atoms with van der Waals surface area (Å²) >= 11 is 1.70. The van der Waals surface area contributed by atoms with Crippen LogP contribution in [-0.2, 0) is 34.0 Å². The van der Waals surface area contributed by atoms with Gasteiger partial charge in [0.15, 0.2) is 6.29 Å². The van der Waals surface area contributed by atoms with Crippen molar-refractivity contribution in [1.29, 1.82) is 0 Å². The van der Waals surface area contributed by atoms with Crippen molar-refractivity contribution in [3.8, 4) is 0 Å². The zero-order valence-corrected chi connectivity index (χ0v) is 26.3. The molecule has 234 valence electrons. The first-order valence-corrected chi connectivity index (χ1v) is 16.0. The summed E-state index contributed by atoms with van der Waals surface area (Å²) in [7, 11) is 0. The molecule has 4 N–H and O–H groups in total. The molecule has 1 aliphatic heterocycles. The van der Waals surface area contributed by atoms with Crippen LogP contribution in [-0.4, -0.2) is 28.9 Å². The summed E-state index contributed by atoms with van der Waals surface area (Å²) < 4.78 is 13.1. The predicted molar refractivity (Wildman–Crippen MR) is 176 cm³/mol. The number of amides is 3. The number of anilines is 1. The average Bonchev–Trinajstić information content (AvgIpc) is 3.07. The number of hydrogen-bond acceptors (Lipinski definition) is 6. The van der Waals surface area contributed by atoms with Crippen molar-refractivity contribution in [2.75, 3.05) is 11.1 Å². The fraction of sp³-hybridized carbons (Fsp3) is 0.278. The molecule has 1 aliphatic rings. The van der Waals surface area contributed by atoms with E-state index in [0.717, 1.165) is 38.4 Å². The molecule has 1 heterocycles. The van der Waals surface area contributed by atoms with Gasteiger partial charge in [0.05, 0.1) is 18.8 Å². The van der Waals surface area contributed by atoms with E-state index in [-0.39, 0.29) is 36.7 Å². The number of rotatable bonds is 11. The van der Waals surface area contributed by atoms with Crippen molar-refractivity contribution >= 4 is 29.4 Å². The van der Waals surface area contributed by atoms with Crippen LogP contribution in [0.5, 0.6) is 0 Å². The number of thioether (sulfide) groups is 1. The van der Waals surface area contributed by atoms with Crippen LogP contribution in [0, 0.1) is 5.92 Å². The number of nitrogens with one attached hydrogen (secondary N) is 3. The van der Waals surface area contributed by atoms with Crippen LogP contribution in [0.4, 0.5) is 10.5 Å². The van der Waals surface area contributed by atoms with E-state index in [1.165, 1.54) is 6.92 Å². The highest BCUT2D eigenvalue weighted by Gasteiger charge is 2.38. The molecule has 45 heavy (non-hydrogen) atoms. The van der Waals surface area contributed by atoms with Gasteiger partial charge in [0.25, 0.3) is 0 Å². The van der Waals surface area contributed by atoms with Crippen molar-refractivity contribution in [3.05, 3.63) is 131 Å². The second-order valence-electron chi connectivity index (χ2n) is 11.1. The Morgan fingerprint density at radius 1 is 0.756 bits per heavy atom. The van der Waals surface area contributed by atoms with Gasteiger partial charge in [-0.1, -0.05) is 85.8 Å². The van der Waals surface area contributed by atoms with Crippen LogP contribution in [0.1, 0.15) is 54.1 Å². The molecular weight excluding hydrogens is 586 g/mol. The fourth-order valence-electron chi connectivity index (χ4n) is 5.14. The molecule has 0 saturated carbocycles. The van der Waals surface area contributed by atoms with Gasteiger partial charge in [-0.2, -0.15) is 0 Å². The molecule has 4 aromatic carbocycles. The quantitative estimate of drug-likeness (QED) is 0.138. The van der Waals surface area contributed by atoms with Crippen LogP contribution >= 0.6 is 11.8 Å². The Labute approximate surface area is 268 Å². The van der Waals surface area contributed by atoms with E-state index < -0.39 is 6.29 Å². The highest BCUT2D eigenvalue weighted by Crippen LogP contribution is 2.43. The Morgan fingerprint density at radius 3 is 1.98 bits per heavy atom. The van der Waals surface area contributed by atoms with Crippen molar-refractivity contribution in [2.45, 2.75) is 56.9 Å². The van der Waals surface area contributed by atoms with Gasteiger partial charge in [0, 0.05) is 47.8 Å². The minimum absolute atomic E-state index is 0.0109. The molecule has 0 radical (unpaired) electrons. The van der Waals surface area contributed by atoms with Gasteiger partial charge in [-0.3, -0.25) is 4.79 Å². The molecule has 4 atom stereocenters. The number of urea groups is 1. The molecule has 0 aliphatic carbocycles. The van der Waals surface area contributed by atoms with Gasteiger partial charge in [-0.05, 0) is 46.5 Å². The van der Waals surface area contributed by atoms with Crippen LogP contribution < -0.4 is 16.0 Å². The lowest BCUT2D eigenvalue weighted by atomic mass is 9.91. The number of hydrogen-bond donors (Lipinski definition) is 4. The molecular formula is C36H39N3O5S. The van der Waals surface area contributed by atoms with E-state index in [2.05, 4.69) is 22.9 Å². The monoisotopic (exact) mass is 625 g/mol. The largest absolute Gasteiger partial charge is 0.392 e. The molecule has 8 nitrogen and oxygen atoms in total. The Kier molecular flexibility index (Phi) is 11.3. The number of carbonyl (C=O) groups is 2. The van der Waals surface area contributed by atoms with Crippen LogP contribution in [0.3, 0.4) is 0 Å². The predicted octanol–water partition coefficient (Wildman–Crippen LogP) is 6.72. The van der Waals surface area contributed by atoms with Crippen molar-refractivity contribution in [2.24, 2.45) is 5.92 Å². The van der Waals surface area contributed by atoms with E-state index in [4.69, 9.17) is 9.47 Å². The van der Waals surface area contributed by atoms with Crippen molar-refractivity contribution < 1.29 is 24.2 Å². The Hall–Kier alpha value is -4.15. The summed E-state index contributed by atoms with van der Waals surface area (Å²) in [4.78, 5) is 24.8. The molecule has 3 amide bonds. The van der Waals surface area contributed by atoms with Crippen molar-refractivity contribution in [3.63, 3.8) is 0 Å². The van der Waals surface area contributed by atoms with Crippen LogP contribution in [0.25, 0.3) is 0 Å². The first-order chi connectivity index (χ1) is 21.9. The first kappa shape index (κ1) is 32.2. The van der Waals surface area contributed by atoms with E-state index in [1.807, 2.05) is 103 Å². The molecule has 0 aromatic heterocycles. The highest BCUT2D eigenvalue weighted by molar-refractivity contribution is 7.99. The zero-order valence-electron chi connectivity index (χ0n) is 25.4. The van der Waals surface area contributed by atoms with Gasteiger partial charge in [0.2, 0.25) is 5.91 Å². The Morgan fingerprint density at radius 2 is 1.36 bits per heavy atom.